The molecule has 1 unspecified atom stereocenters. The van der Waals surface area contributed by atoms with Crippen LogP contribution in [0.25, 0.3) is 0 Å². The Bertz CT molecular complexity index is 225. The highest BCUT2D eigenvalue weighted by molar-refractivity contribution is 5.08. The molecule has 0 aliphatic carbocycles. The summed E-state index contributed by atoms with van der Waals surface area (Å²) < 4.78 is 0. The monoisotopic (exact) mass is 179 g/mol. The zero-order valence-electron chi connectivity index (χ0n) is 9.35. The molecule has 0 fully saturated rings. The maximum atomic E-state index is 4.02. The van der Waals surface area contributed by atoms with Crippen molar-refractivity contribution in [3.05, 3.63) is 36.7 Å². The fourth-order valence-electron chi connectivity index (χ4n) is 0.935. The first-order valence-electron chi connectivity index (χ1n) is 4.58. The first-order chi connectivity index (χ1) is 5.86. The van der Waals surface area contributed by atoms with Crippen LogP contribution >= 0.6 is 0 Å². The van der Waals surface area contributed by atoms with Gasteiger partial charge in [-0.3, -0.25) is 0 Å². The Balaban J connectivity index is 4.15. The molecular formula is C12H21N. The Kier molecular flexibility index (Phi) is 4.53. The molecule has 0 aromatic heterocycles. The highest BCUT2D eigenvalue weighted by atomic mass is 15.1. The fourth-order valence-corrected chi connectivity index (χ4v) is 0.935. The largest absolute Gasteiger partial charge is 0.353 e. The summed E-state index contributed by atoms with van der Waals surface area (Å²) in [6.07, 6.45) is 0.957. The van der Waals surface area contributed by atoms with Gasteiger partial charge < -0.3 is 4.90 Å². The minimum Gasteiger partial charge on any atom is -0.353 e. The summed E-state index contributed by atoms with van der Waals surface area (Å²) in [6.45, 7) is 18.0. The third-order valence-electron chi connectivity index (χ3n) is 2.43. The van der Waals surface area contributed by atoms with Gasteiger partial charge in [-0.25, -0.2) is 0 Å². The summed E-state index contributed by atoms with van der Waals surface area (Å²) in [6, 6.07) is 0. The van der Waals surface area contributed by atoms with Gasteiger partial charge in [-0.1, -0.05) is 32.2 Å². The third-order valence-corrected chi connectivity index (χ3v) is 2.43. The van der Waals surface area contributed by atoms with Crippen LogP contribution in [0.3, 0.4) is 0 Å². The molecule has 0 bridgehead atoms. The lowest BCUT2D eigenvalue weighted by molar-refractivity contribution is 0.471. The number of hydrogen-bond acceptors (Lipinski definition) is 1. The van der Waals surface area contributed by atoms with Gasteiger partial charge in [0.05, 0.1) is 0 Å². The van der Waals surface area contributed by atoms with Crippen LogP contribution in [0.5, 0.6) is 0 Å². The van der Waals surface area contributed by atoms with Crippen molar-refractivity contribution >= 4 is 0 Å². The minimum atomic E-state index is 0.495. The molecule has 0 aromatic rings. The molecule has 0 aliphatic rings. The molecule has 13 heavy (non-hydrogen) atoms. The number of rotatable bonds is 5. The maximum absolute atomic E-state index is 4.02. The van der Waals surface area contributed by atoms with E-state index < -0.39 is 0 Å². The Hall–Kier alpha value is -0.980. The second-order valence-corrected chi connectivity index (χ2v) is 3.81. The molecule has 0 N–H and O–H groups in total. The van der Waals surface area contributed by atoms with Gasteiger partial charge >= 0.3 is 0 Å². The van der Waals surface area contributed by atoms with Crippen LogP contribution in [0.4, 0.5) is 0 Å². The highest BCUT2D eigenvalue weighted by Gasteiger charge is 2.08. The van der Waals surface area contributed by atoms with Gasteiger partial charge in [-0.2, -0.15) is 0 Å². The van der Waals surface area contributed by atoms with Gasteiger partial charge in [0.1, 0.15) is 0 Å². The van der Waals surface area contributed by atoms with Crippen LogP contribution in [-0.4, -0.2) is 11.9 Å². The summed E-state index contributed by atoms with van der Waals surface area (Å²) in [4.78, 5) is 2.03. The van der Waals surface area contributed by atoms with Crippen LogP contribution in [0.1, 0.15) is 27.2 Å². The van der Waals surface area contributed by atoms with Crippen LogP contribution in [0.2, 0.25) is 0 Å². The molecule has 0 aliphatic heterocycles. The molecule has 0 saturated heterocycles. The van der Waals surface area contributed by atoms with Crippen LogP contribution in [-0.2, 0) is 0 Å². The third kappa shape index (κ3) is 3.97. The van der Waals surface area contributed by atoms with Crippen molar-refractivity contribution in [2.75, 3.05) is 7.05 Å². The SMILES string of the molecule is C=C(C)C(C)CC(=C)N(C)C(=C)C. The predicted octanol–water partition coefficient (Wildman–Crippen LogP) is 3.57. The van der Waals surface area contributed by atoms with Crippen LogP contribution in [0, 0.1) is 5.92 Å². The van der Waals surface area contributed by atoms with E-state index in [1.54, 1.807) is 0 Å². The Morgan fingerprint density at radius 3 is 2.00 bits per heavy atom. The van der Waals surface area contributed by atoms with Crippen molar-refractivity contribution in [2.24, 2.45) is 5.92 Å². The van der Waals surface area contributed by atoms with E-state index in [0.29, 0.717) is 5.92 Å². The molecule has 1 heteroatoms. The molecule has 0 aromatic carbocycles. The van der Waals surface area contributed by atoms with Crippen LogP contribution in [0.15, 0.2) is 36.7 Å². The molecule has 0 amide bonds. The van der Waals surface area contributed by atoms with Crippen molar-refractivity contribution in [2.45, 2.75) is 27.2 Å². The Labute approximate surface area is 82.4 Å². The van der Waals surface area contributed by atoms with Crippen molar-refractivity contribution in [1.82, 2.24) is 4.90 Å². The summed E-state index contributed by atoms with van der Waals surface area (Å²) >= 11 is 0. The highest BCUT2D eigenvalue weighted by Crippen LogP contribution is 2.20. The first kappa shape index (κ1) is 12.0. The van der Waals surface area contributed by atoms with E-state index in [9.17, 15) is 0 Å². The Morgan fingerprint density at radius 1 is 1.23 bits per heavy atom. The maximum Gasteiger partial charge on any atom is 0.0111 e. The van der Waals surface area contributed by atoms with Gasteiger partial charge in [0, 0.05) is 18.4 Å². The summed E-state index contributed by atoms with van der Waals surface area (Å²) in [5.41, 5.74) is 3.33. The van der Waals surface area contributed by atoms with Crippen molar-refractivity contribution in [3.8, 4) is 0 Å². The summed E-state index contributed by atoms with van der Waals surface area (Å²) in [5, 5.41) is 0. The van der Waals surface area contributed by atoms with Crippen molar-refractivity contribution in [1.29, 1.82) is 0 Å². The number of allylic oxidation sites excluding steroid dienone is 3. The average molecular weight is 179 g/mol. The molecule has 0 heterocycles. The molecule has 0 radical (unpaired) electrons. The van der Waals surface area contributed by atoms with Crippen LogP contribution < -0.4 is 0 Å². The van der Waals surface area contributed by atoms with Gasteiger partial charge in [0.15, 0.2) is 0 Å². The zero-order valence-corrected chi connectivity index (χ0v) is 9.35. The average Bonchev–Trinajstić information content (AvgIpc) is 2.02. The second-order valence-electron chi connectivity index (χ2n) is 3.81. The second kappa shape index (κ2) is 4.90. The van der Waals surface area contributed by atoms with E-state index in [-0.39, 0.29) is 0 Å². The van der Waals surface area contributed by atoms with Gasteiger partial charge in [0.2, 0.25) is 0 Å². The normalized spacial score (nSPS) is 12.0. The summed E-state index contributed by atoms with van der Waals surface area (Å²) in [5.74, 6) is 0.495. The molecule has 0 saturated carbocycles. The van der Waals surface area contributed by atoms with Gasteiger partial charge in [-0.15, -0.1) is 0 Å². The van der Waals surface area contributed by atoms with Gasteiger partial charge in [-0.05, 0) is 26.2 Å². The number of nitrogens with zero attached hydrogens (tertiary/aromatic N) is 1. The molecule has 0 spiro atoms. The minimum absolute atomic E-state index is 0.495. The van der Waals surface area contributed by atoms with E-state index in [2.05, 4.69) is 33.6 Å². The smallest absolute Gasteiger partial charge is 0.0111 e. The lowest BCUT2D eigenvalue weighted by Gasteiger charge is -2.24. The topological polar surface area (TPSA) is 3.24 Å². The quantitative estimate of drug-likeness (QED) is 0.583. The molecule has 1 nitrogen and oxygen atoms in total. The van der Waals surface area contributed by atoms with Crippen molar-refractivity contribution in [3.63, 3.8) is 0 Å². The van der Waals surface area contributed by atoms with Crippen molar-refractivity contribution < 1.29 is 0 Å². The molecule has 0 rings (SSSR count). The predicted molar refractivity (Wildman–Crippen MR) is 60.3 cm³/mol. The van der Waals surface area contributed by atoms with E-state index in [1.165, 1.54) is 5.57 Å². The lowest BCUT2D eigenvalue weighted by atomic mass is 9.99. The Morgan fingerprint density at radius 2 is 1.69 bits per heavy atom. The standard InChI is InChI=1S/C12H21N/c1-9(2)11(5)8-12(6)13(7)10(3)4/h11H,1,3,6,8H2,2,4-5,7H3. The summed E-state index contributed by atoms with van der Waals surface area (Å²) in [7, 11) is 2.00. The molecule has 74 valence electrons. The van der Waals surface area contributed by atoms with E-state index in [4.69, 9.17) is 0 Å². The lowest BCUT2D eigenvalue weighted by Crippen LogP contribution is -2.15. The van der Waals surface area contributed by atoms with Gasteiger partial charge in [0.25, 0.3) is 0 Å². The van der Waals surface area contributed by atoms with E-state index in [0.717, 1.165) is 17.8 Å². The van der Waals surface area contributed by atoms with E-state index >= 15 is 0 Å². The fraction of sp³-hybridized carbons (Fsp3) is 0.500. The molecular weight excluding hydrogens is 158 g/mol. The zero-order chi connectivity index (χ0) is 10.6. The molecule has 1 atom stereocenters. The first-order valence-corrected chi connectivity index (χ1v) is 4.58. The number of hydrogen-bond donors (Lipinski definition) is 0. The van der Waals surface area contributed by atoms with E-state index in [1.807, 2.05) is 18.9 Å².